The van der Waals surface area contributed by atoms with E-state index >= 15 is 0 Å². The number of hydrogen-bond acceptors (Lipinski definition) is 6. The molecule has 152 valence electrons. The van der Waals surface area contributed by atoms with E-state index in [1.807, 2.05) is 6.07 Å². The van der Waals surface area contributed by atoms with Crippen LogP contribution >= 0.6 is 0 Å². The minimum atomic E-state index is -3.52. The largest absolute Gasteiger partial charge is 0.493 e. The average molecular weight is 414 g/mol. The molecule has 7 nitrogen and oxygen atoms in total. The van der Waals surface area contributed by atoms with Crippen LogP contribution in [-0.4, -0.2) is 38.9 Å². The molecule has 0 bridgehead atoms. The third kappa shape index (κ3) is 5.44. The van der Waals surface area contributed by atoms with Gasteiger partial charge in [-0.3, -0.25) is 0 Å². The summed E-state index contributed by atoms with van der Waals surface area (Å²) in [4.78, 5) is 12.3. The number of nitrogens with zero attached hydrogens (tertiary/aromatic N) is 2. The Morgan fingerprint density at radius 3 is 2.31 bits per heavy atom. The number of carbonyl (C=O) groups excluding carboxylic acids is 1. The van der Waals surface area contributed by atoms with Gasteiger partial charge in [-0.1, -0.05) is 26.0 Å². The standard InChI is InChI=1S/C21H22N2O5S/c1-4-23(5-2)29(25,26)18-10-6-16(7-11-18)9-13-21(24)28-19-12-8-17(15-22)14-20(19)27-3/h6-14H,4-5H2,1-3H3/b13-9+. The Bertz CT molecular complexity index is 1030. The van der Waals surface area contributed by atoms with Crippen LogP contribution in [0, 0.1) is 11.3 Å². The molecule has 0 spiro atoms. The summed E-state index contributed by atoms with van der Waals surface area (Å²) in [6.45, 7) is 4.36. The molecule has 29 heavy (non-hydrogen) atoms. The van der Waals surface area contributed by atoms with E-state index < -0.39 is 16.0 Å². The van der Waals surface area contributed by atoms with Gasteiger partial charge in [-0.15, -0.1) is 0 Å². The van der Waals surface area contributed by atoms with Crippen molar-refractivity contribution in [1.29, 1.82) is 5.26 Å². The second kappa shape index (κ2) is 9.87. The Labute approximate surface area is 170 Å². The molecule has 0 atom stereocenters. The zero-order valence-corrected chi connectivity index (χ0v) is 17.3. The highest BCUT2D eigenvalue weighted by molar-refractivity contribution is 7.89. The fourth-order valence-electron chi connectivity index (χ4n) is 2.59. The summed E-state index contributed by atoms with van der Waals surface area (Å²) in [7, 11) is -2.11. The highest BCUT2D eigenvalue weighted by Gasteiger charge is 2.20. The van der Waals surface area contributed by atoms with Gasteiger partial charge in [-0.2, -0.15) is 9.57 Å². The van der Waals surface area contributed by atoms with Crippen LogP contribution in [0.15, 0.2) is 53.4 Å². The molecular weight excluding hydrogens is 392 g/mol. The van der Waals surface area contributed by atoms with Gasteiger partial charge in [0.25, 0.3) is 0 Å². The van der Waals surface area contributed by atoms with Crippen LogP contribution < -0.4 is 9.47 Å². The third-order valence-corrected chi connectivity index (χ3v) is 6.20. The SMILES string of the molecule is CCN(CC)S(=O)(=O)c1ccc(/C=C/C(=O)Oc2ccc(C#N)cc2OC)cc1. The molecule has 0 saturated carbocycles. The van der Waals surface area contributed by atoms with E-state index in [1.165, 1.54) is 53.9 Å². The van der Waals surface area contributed by atoms with Gasteiger partial charge in [-0.05, 0) is 35.9 Å². The number of methoxy groups -OCH3 is 1. The summed E-state index contributed by atoms with van der Waals surface area (Å²) in [5.74, 6) is -0.161. The van der Waals surface area contributed by atoms with Crippen molar-refractivity contribution < 1.29 is 22.7 Å². The lowest BCUT2D eigenvalue weighted by atomic mass is 10.2. The van der Waals surface area contributed by atoms with E-state index in [2.05, 4.69) is 0 Å². The molecule has 0 unspecified atom stereocenters. The maximum absolute atomic E-state index is 12.5. The lowest BCUT2D eigenvalue weighted by molar-refractivity contribution is -0.129. The number of sulfonamides is 1. The molecule has 2 aromatic carbocycles. The van der Waals surface area contributed by atoms with Crippen molar-refractivity contribution in [3.8, 4) is 17.6 Å². The average Bonchev–Trinajstić information content (AvgIpc) is 2.73. The molecule has 0 amide bonds. The molecule has 0 saturated heterocycles. The van der Waals surface area contributed by atoms with Gasteiger partial charge in [-0.25, -0.2) is 13.2 Å². The third-order valence-electron chi connectivity index (χ3n) is 4.14. The topological polar surface area (TPSA) is 96.7 Å². The Balaban J connectivity index is 2.11. The van der Waals surface area contributed by atoms with Crippen molar-refractivity contribution >= 4 is 22.1 Å². The van der Waals surface area contributed by atoms with Crippen LogP contribution in [-0.2, 0) is 14.8 Å². The monoisotopic (exact) mass is 414 g/mol. The van der Waals surface area contributed by atoms with Crippen molar-refractivity contribution in [3.05, 3.63) is 59.7 Å². The van der Waals surface area contributed by atoms with Crippen molar-refractivity contribution in [2.24, 2.45) is 0 Å². The second-order valence-electron chi connectivity index (χ2n) is 5.89. The van der Waals surface area contributed by atoms with Gasteiger partial charge in [0.15, 0.2) is 11.5 Å². The predicted molar refractivity (Wildman–Crippen MR) is 109 cm³/mol. The molecule has 2 rings (SSSR count). The number of rotatable bonds is 8. The Kier molecular flexibility index (Phi) is 7.53. The fraction of sp³-hybridized carbons (Fsp3) is 0.238. The first-order valence-electron chi connectivity index (χ1n) is 8.94. The van der Waals surface area contributed by atoms with Gasteiger partial charge in [0.05, 0.1) is 23.6 Å². The first-order valence-corrected chi connectivity index (χ1v) is 10.4. The first-order chi connectivity index (χ1) is 13.8. The van der Waals surface area contributed by atoms with Crippen molar-refractivity contribution in [2.45, 2.75) is 18.7 Å². The van der Waals surface area contributed by atoms with Gasteiger partial charge in [0.1, 0.15) is 0 Å². The molecule has 0 aliphatic rings. The maximum Gasteiger partial charge on any atom is 0.336 e. The molecule has 0 aliphatic heterocycles. The van der Waals surface area contributed by atoms with Gasteiger partial charge >= 0.3 is 5.97 Å². The summed E-state index contributed by atoms with van der Waals surface area (Å²) in [5.41, 5.74) is 1.03. The maximum atomic E-state index is 12.5. The Morgan fingerprint density at radius 2 is 1.76 bits per heavy atom. The van der Waals surface area contributed by atoms with Gasteiger partial charge in [0, 0.05) is 25.2 Å². The van der Waals surface area contributed by atoms with E-state index in [-0.39, 0.29) is 16.4 Å². The number of nitriles is 1. The normalized spacial score (nSPS) is 11.4. The lowest BCUT2D eigenvalue weighted by Gasteiger charge is -2.18. The molecule has 0 aliphatic carbocycles. The molecule has 0 heterocycles. The van der Waals surface area contributed by atoms with Crippen LogP contribution in [0.5, 0.6) is 11.5 Å². The number of benzene rings is 2. The highest BCUT2D eigenvalue weighted by atomic mass is 32.2. The van der Waals surface area contributed by atoms with Crippen LogP contribution in [0.4, 0.5) is 0 Å². The quantitative estimate of drug-likeness (QED) is 0.374. The summed E-state index contributed by atoms with van der Waals surface area (Å²) in [6, 6.07) is 12.7. The summed E-state index contributed by atoms with van der Waals surface area (Å²) < 4.78 is 36.7. The van der Waals surface area contributed by atoms with Crippen molar-refractivity contribution in [1.82, 2.24) is 4.31 Å². The van der Waals surface area contributed by atoms with Crippen molar-refractivity contribution in [3.63, 3.8) is 0 Å². The molecule has 0 fully saturated rings. The summed E-state index contributed by atoms with van der Waals surface area (Å²) in [6.07, 6.45) is 2.75. The first kappa shape index (κ1) is 22.1. The molecule has 0 radical (unpaired) electrons. The Hall–Kier alpha value is -3.15. The van der Waals surface area contributed by atoms with E-state index in [4.69, 9.17) is 14.7 Å². The van der Waals surface area contributed by atoms with Crippen LogP contribution in [0.25, 0.3) is 6.08 Å². The number of hydrogen-bond donors (Lipinski definition) is 0. The molecule has 8 heteroatoms. The van der Waals surface area contributed by atoms with Gasteiger partial charge < -0.3 is 9.47 Å². The summed E-state index contributed by atoms with van der Waals surface area (Å²) in [5, 5.41) is 8.90. The molecule has 0 aromatic heterocycles. The van der Waals surface area contributed by atoms with E-state index in [0.717, 1.165) is 0 Å². The number of ether oxygens (including phenoxy) is 2. The van der Waals surface area contributed by atoms with Gasteiger partial charge in [0.2, 0.25) is 10.0 Å². The molecule has 2 aromatic rings. The second-order valence-corrected chi connectivity index (χ2v) is 7.83. The van der Waals surface area contributed by atoms with E-state index in [1.54, 1.807) is 26.0 Å². The highest BCUT2D eigenvalue weighted by Crippen LogP contribution is 2.28. The number of esters is 1. The Morgan fingerprint density at radius 1 is 1.10 bits per heavy atom. The fourth-order valence-corrected chi connectivity index (χ4v) is 4.05. The minimum Gasteiger partial charge on any atom is -0.493 e. The van der Waals surface area contributed by atoms with Crippen LogP contribution in [0.3, 0.4) is 0 Å². The predicted octanol–water partition coefficient (Wildman–Crippen LogP) is 3.22. The molecular formula is C21H22N2O5S. The zero-order valence-electron chi connectivity index (χ0n) is 16.5. The molecule has 0 N–H and O–H groups in total. The van der Waals surface area contributed by atoms with E-state index in [9.17, 15) is 13.2 Å². The summed E-state index contributed by atoms with van der Waals surface area (Å²) >= 11 is 0. The van der Waals surface area contributed by atoms with Crippen molar-refractivity contribution in [2.75, 3.05) is 20.2 Å². The zero-order chi connectivity index (χ0) is 21.4. The van der Waals surface area contributed by atoms with E-state index in [0.29, 0.717) is 24.2 Å². The lowest BCUT2D eigenvalue weighted by Crippen LogP contribution is -2.30. The minimum absolute atomic E-state index is 0.196. The number of carbonyl (C=O) groups is 1. The van der Waals surface area contributed by atoms with Crippen LogP contribution in [0.2, 0.25) is 0 Å². The van der Waals surface area contributed by atoms with Crippen LogP contribution in [0.1, 0.15) is 25.0 Å². The smallest absolute Gasteiger partial charge is 0.336 e.